The lowest BCUT2D eigenvalue weighted by Gasteiger charge is -2.42. The number of aryl methyl sites for hydroxylation is 1. The lowest BCUT2D eigenvalue weighted by Crippen LogP contribution is -2.45. The normalized spacial score (nSPS) is 19.3. The second-order valence-electron chi connectivity index (χ2n) is 8.16. The molecule has 3 heterocycles. The number of amides is 1. The van der Waals surface area contributed by atoms with Gasteiger partial charge in [-0.1, -0.05) is 13.8 Å². The molecule has 0 aromatic carbocycles. The summed E-state index contributed by atoms with van der Waals surface area (Å²) >= 11 is 0. The summed E-state index contributed by atoms with van der Waals surface area (Å²) in [5, 5.41) is 4.54. The van der Waals surface area contributed by atoms with Gasteiger partial charge in [-0.15, -0.1) is 0 Å². The van der Waals surface area contributed by atoms with Crippen LogP contribution in [0.15, 0.2) is 4.79 Å². The Morgan fingerprint density at radius 2 is 1.81 bits per heavy atom. The van der Waals surface area contributed by atoms with Crippen LogP contribution in [0.4, 0.5) is 0 Å². The molecule has 27 heavy (non-hydrogen) atoms. The lowest BCUT2D eigenvalue weighted by atomic mass is 9.72. The number of methoxy groups -OCH3 is 1. The minimum absolute atomic E-state index is 0.0135. The molecular weight excluding hydrogens is 344 g/mol. The predicted octanol–water partition coefficient (Wildman–Crippen LogP) is 2.07. The van der Waals surface area contributed by atoms with E-state index in [4.69, 9.17) is 4.74 Å². The SMILES string of the molecule is CCC(CC)C(=O)N1CCC2(CCc3nn(CCOC)c(=O)n3CC2)CC1. The third-order valence-electron chi connectivity index (χ3n) is 6.72. The Morgan fingerprint density at radius 1 is 1.15 bits per heavy atom. The van der Waals surface area contributed by atoms with Crippen LogP contribution >= 0.6 is 0 Å². The van der Waals surface area contributed by atoms with E-state index in [0.717, 1.165) is 70.4 Å². The van der Waals surface area contributed by atoms with Crippen molar-refractivity contribution in [2.24, 2.45) is 11.3 Å². The van der Waals surface area contributed by atoms with Crippen LogP contribution in [0, 0.1) is 11.3 Å². The molecule has 1 saturated heterocycles. The predicted molar refractivity (Wildman–Crippen MR) is 104 cm³/mol. The fourth-order valence-corrected chi connectivity index (χ4v) is 4.67. The van der Waals surface area contributed by atoms with Crippen molar-refractivity contribution >= 4 is 5.91 Å². The van der Waals surface area contributed by atoms with Crippen LogP contribution in [0.1, 0.15) is 58.2 Å². The highest BCUT2D eigenvalue weighted by molar-refractivity contribution is 5.78. The van der Waals surface area contributed by atoms with Gasteiger partial charge in [0.25, 0.3) is 0 Å². The van der Waals surface area contributed by atoms with E-state index in [2.05, 4.69) is 23.8 Å². The van der Waals surface area contributed by atoms with Gasteiger partial charge in [-0.3, -0.25) is 9.36 Å². The van der Waals surface area contributed by atoms with Gasteiger partial charge in [0.1, 0.15) is 5.82 Å². The first kappa shape index (κ1) is 20.1. The van der Waals surface area contributed by atoms with Crippen molar-refractivity contribution in [1.29, 1.82) is 0 Å². The Morgan fingerprint density at radius 3 is 2.44 bits per heavy atom. The van der Waals surface area contributed by atoms with Crippen LogP contribution in [0.3, 0.4) is 0 Å². The molecule has 0 aliphatic carbocycles. The maximum Gasteiger partial charge on any atom is 0.345 e. The second kappa shape index (κ2) is 8.59. The van der Waals surface area contributed by atoms with Gasteiger partial charge in [-0.05, 0) is 43.9 Å². The first-order chi connectivity index (χ1) is 13.0. The Hall–Kier alpha value is -1.63. The molecule has 0 bridgehead atoms. The monoisotopic (exact) mass is 378 g/mol. The number of piperidine rings is 1. The standard InChI is InChI=1S/C20H34N4O3/c1-4-16(5-2)18(25)22-11-8-20(9-12-22)7-6-17-21-24(14-15-27-3)19(26)23(17)13-10-20/h16H,4-15H2,1-3H3. The molecule has 1 amide bonds. The third-order valence-corrected chi connectivity index (χ3v) is 6.72. The number of hydrogen-bond donors (Lipinski definition) is 0. The average Bonchev–Trinajstić information content (AvgIpc) is 2.88. The molecule has 1 fully saturated rings. The van der Waals surface area contributed by atoms with Gasteiger partial charge in [0.15, 0.2) is 0 Å². The van der Waals surface area contributed by atoms with E-state index in [1.54, 1.807) is 7.11 Å². The Labute approximate surface area is 161 Å². The van der Waals surface area contributed by atoms with E-state index in [1.165, 1.54) is 4.68 Å². The molecule has 0 N–H and O–H groups in total. The summed E-state index contributed by atoms with van der Waals surface area (Å²) < 4.78 is 8.46. The van der Waals surface area contributed by atoms with Gasteiger partial charge < -0.3 is 9.64 Å². The summed E-state index contributed by atoms with van der Waals surface area (Å²) in [5.74, 6) is 1.41. The molecule has 7 heteroatoms. The molecule has 0 saturated carbocycles. The lowest BCUT2D eigenvalue weighted by molar-refractivity contribution is -0.138. The maximum atomic E-state index is 12.7. The molecule has 2 aliphatic rings. The van der Waals surface area contributed by atoms with Crippen LogP contribution in [-0.2, 0) is 29.0 Å². The Balaban J connectivity index is 1.62. The summed E-state index contributed by atoms with van der Waals surface area (Å²) in [6.45, 7) is 7.66. The molecule has 1 spiro atoms. The van der Waals surface area contributed by atoms with Gasteiger partial charge >= 0.3 is 5.69 Å². The fraction of sp³-hybridized carbons (Fsp3) is 0.850. The maximum absolute atomic E-state index is 12.7. The average molecular weight is 379 g/mol. The minimum atomic E-state index is -0.0135. The van der Waals surface area contributed by atoms with E-state index in [-0.39, 0.29) is 17.0 Å². The topological polar surface area (TPSA) is 69.4 Å². The zero-order valence-corrected chi connectivity index (χ0v) is 17.1. The van der Waals surface area contributed by atoms with Gasteiger partial charge in [-0.2, -0.15) is 5.10 Å². The molecule has 1 aromatic rings. The van der Waals surface area contributed by atoms with Crippen molar-refractivity contribution in [3.8, 4) is 0 Å². The van der Waals surface area contributed by atoms with Crippen molar-refractivity contribution in [1.82, 2.24) is 19.2 Å². The molecule has 7 nitrogen and oxygen atoms in total. The quantitative estimate of drug-likeness (QED) is 0.760. The van der Waals surface area contributed by atoms with E-state index in [9.17, 15) is 9.59 Å². The number of hydrogen-bond acceptors (Lipinski definition) is 4. The van der Waals surface area contributed by atoms with Crippen molar-refractivity contribution in [2.75, 3.05) is 26.8 Å². The van der Waals surface area contributed by atoms with Crippen LogP contribution in [0.25, 0.3) is 0 Å². The number of carbonyl (C=O) groups excluding carboxylic acids is 1. The first-order valence-electron chi connectivity index (χ1n) is 10.5. The molecule has 2 aliphatic heterocycles. The highest BCUT2D eigenvalue weighted by Gasteiger charge is 2.38. The van der Waals surface area contributed by atoms with Crippen molar-refractivity contribution in [3.63, 3.8) is 0 Å². The Bertz CT molecular complexity index is 697. The number of fused-ring (bicyclic) bond motifs is 1. The molecule has 0 atom stereocenters. The molecular formula is C20H34N4O3. The Kier molecular flexibility index (Phi) is 6.40. The number of aromatic nitrogens is 3. The van der Waals surface area contributed by atoms with E-state index >= 15 is 0 Å². The molecule has 152 valence electrons. The van der Waals surface area contributed by atoms with Gasteiger partial charge in [0.05, 0.1) is 13.2 Å². The van der Waals surface area contributed by atoms with Crippen LogP contribution in [0.5, 0.6) is 0 Å². The van der Waals surface area contributed by atoms with Gasteiger partial charge in [0, 0.05) is 39.1 Å². The number of nitrogens with zero attached hydrogens (tertiary/aromatic N) is 4. The summed E-state index contributed by atoms with van der Waals surface area (Å²) in [6.07, 6.45) is 6.84. The number of ether oxygens (including phenoxy) is 1. The first-order valence-corrected chi connectivity index (χ1v) is 10.5. The van der Waals surface area contributed by atoms with Gasteiger partial charge in [-0.25, -0.2) is 9.48 Å². The van der Waals surface area contributed by atoms with Crippen LogP contribution in [0.2, 0.25) is 0 Å². The van der Waals surface area contributed by atoms with Crippen molar-refractivity contribution in [3.05, 3.63) is 16.3 Å². The summed E-state index contributed by atoms with van der Waals surface area (Å²) in [5.41, 5.74) is 0.232. The summed E-state index contributed by atoms with van der Waals surface area (Å²) in [4.78, 5) is 27.3. The zero-order valence-electron chi connectivity index (χ0n) is 17.1. The van der Waals surface area contributed by atoms with Crippen molar-refractivity contribution < 1.29 is 9.53 Å². The van der Waals surface area contributed by atoms with Gasteiger partial charge in [0.2, 0.25) is 5.91 Å². The van der Waals surface area contributed by atoms with E-state index in [1.807, 2.05) is 4.57 Å². The smallest absolute Gasteiger partial charge is 0.345 e. The number of rotatable bonds is 6. The molecule has 0 unspecified atom stereocenters. The molecule has 0 radical (unpaired) electrons. The zero-order chi connectivity index (χ0) is 19.4. The largest absolute Gasteiger partial charge is 0.383 e. The molecule has 3 rings (SSSR count). The minimum Gasteiger partial charge on any atom is -0.383 e. The van der Waals surface area contributed by atoms with E-state index < -0.39 is 0 Å². The summed E-state index contributed by atoms with van der Waals surface area (Å²) in [6, 6.07) is 0. The highest BCUT2D eigenvalue weighted by Crippen LogP contribution is 2.41. The number of carbonyl (C=O) groups is 1. The van der Waals surface area contributed by atoms with Crippen LogP contribution in [-0.4, -0.2) is 52.0 Å². The van der Waals surface area contributed by atoms with Crippen LogP contribution < -0.4 is 5.69 Å². The fourth-order valence-electron chi connectivity index (χ4n) is 4.67. The third kappa shape index (κ3) is 4.13. The second-order valence-corrected chi connectivity index (χ2v) is 8.16. The molecule has 1 aromatic heterocycles. The van der Waals surface area contributed by atoms with E-state index in [0.29, 0.717) is 19.1 Å². The van der Waals surface area contributed by atoms with Crippen molar-refractivity contribution in [2.45, 2.75) is 71.9 Å². The highest BCUT2D eigenvalue weighted by atomic mass is 16.5. The number of likely N-dealkylation sites (tertiary alicyclic amines) is 1. The summed E-state index contributed by atoms with van der Waals surface area (Å²) in [7, 11) is 1.64.